The molecule has 0 radical (unpaired) electrons. The molecule has 0 atom stereocenters. The molecule has 2 heterocycles. The van der Waals surface area contributed by atoms with Crippen molar-refractivity contribution in [3.63, 3.8) is 0 Å². The molecule has 3 aromatic rings. The van der Waals surface area contributed by atoms with Crippen molar-refractivity contribution in [2.24, 2.45) is 0 Å². The maximum absolute atomic E-state index is 12.2. The normalized spacial score (nSPS) is 15.5. The smallest absolute Gasteiger partial charge is 0.282 e. The molecule has 3 aromatic carbocycles. The highest BCUT2D eigenvalue weighted by atomic mass is 16.7. The zero-order chi connectivity index (χ0) is 14.1. The Kier molecular flexibility index (Phi) is 1.80. The van der Waals surface area contributed by atoms with Crippen molar-refractivity contribution in [2.75, 3.05) is 11.9 Å². The van der Waals surface area contributed by atoms with Crippen LogP contribution in [0.4, 0.5) is 5.69 Å². The lowest BCUT2D eigenvalue weighted by atomic mass is 9.97. The Morgan fingerprint density at radius 3 is 2.86 bits per heavy atom. The summed E-state index contributed by atoms with van der Waals surface area (Å²) in [4.78, 5) is 12.2. The highest BCUT2D eigenvalue weighted by Gasteiger charge is 2.34. The maximum Gasteiger partial charge on any atom is 0.282 e. The van der Waals surface area contributed by atoms with E-state index in [1.165, 1.54) is 0 Å². The lowest BCUT2D eigenvalue weighted by molar-refractivity contribution is 0.0866. The Labute approximate surface area is 118 Å². The van der Waals surface area contributed by atoms with Crippen LogP contribution in [0.5, 0.6) is 11.5 Å². The second-order valence-electron chi connectivity index (χ2n) is 5.14. The van der Waals surface area contributed by atoms with Crippen molar-refractivity contribution in [3.8, 4) is 11.5 Å². The molecule has 5 nitrogen and oxygen atoms in total. The topological polar surface area (TPSA) is 59.0 Å². The van der Waals surface area contributed by atoms with Gasteiger partial charge >= 0.3 is 0 Å². The fraction of sp³-hybridized carbons (Fsp3) is 0.0625. The van der Waals surface area contributed by atoms with E-state index in [-0.39, 0.29) is 6.79 Å². The Morgan fingerprint density at radius 1 is 1.10 bits per heavy atom. The molecule has 102 valence electrons. The SMILES string of the molecule is O=C1c2cc3c(c4c2c(cc2ccccc24)N1O)OCO3. The Balaban J connectivity index is 2.12. The molecule has 0 aromatic heterocycles. The third kappa shape index (κ3) is 1.18. The number of ether oxygens (including phenoxy) is 2. The lowest BCUT2D eigenvalue weighted by Crippen LogP contribution is -2.21. The summed E-state index contributed by atoms with van der Waals surface area (Å²) in [5.41, 5.74) is 0.930. The molecule has 0 saturated carbocycles. The largest absolute Gasteiger partial charge is 0.454 e. The van der Waals surface area contributed by atoms with Gasteiger partial charge in [0, 0.05) is 10.8 Å². The van der Waals surface area contributed by atoms with Crippen LogP contribution >= 0.6 is 0 Å². The van der Waals surface area contributed by atoms with Gasteiger partial charge in [-0.25, -0.2) is 0 Å². The van der Waals surface area contributed by atoms with Crippen molar-refractivity contribution in [1.82, 2.24) is 0 Å². The standard InChI is InChI=1S/C16H9NO4/c18-16-10-6-12-15(21-7-20-12)14-9-4-2-1-3-8(9)5-11(13(10)14)17(16)19/h1-6,19H,7H2. The number of carbonyl (C=O) groups excluding carboxylic acids is 1. The number of fused-ring (bicyclic) bond motifs is 4. The number of amides is 1. The molecule has 1 N–H and O–H groups in total. The van der Waals surface area contributed by atoms with Crippen molar-refractivity contribution >= 4 is 33.1 Å². The predicted molar refractivity (Wildman–Crippen MR) is 76.2 cm³/mol. The number of anilines is 1. The quantitative estimate of drug-likeness (QED) is 0.507. The Morgan fingerprint density at radius 2 is 1.95 bits per heavy atom. The molecule has 5 heteroatoms. The summed E-state index contributed by atoms with van der Waals surface area (Å²) in [5.74, 6) is 0.738. The van der Waals surface area contributed by atoms with Crippen LogP contribution in [0.3, 0.4) is 0 Å². The summed E-state index contributed by atoms with van der Waals surface area (Å²) in [6, 6.07) is 11.2. The second-order valence-corrected chi connectivity index (χ2v) is 5.14. The first-order valence-corrected chi connectivity index (χ1v) is 6.57. The first-order valence-electron chi connectivity index (χ1n) is 6.57. The van der Waals surface area contributed by atoms with Gasteiger partial charge in [0.15, 0.2) is 11.5 Å². The minimum Gasteiger partial charge on any atom is -0.454 e. The predicted octanol–water partition coefficient (Wildman–Crippen LogP) is 3.07. The third-order valence-electron chi connectivity index (χ3n) is 4.09. The molecule has 0 bridgehead atoms. The van der Waals surface area contributed by atoms with Gasteiger partial charge in [-0.05, 0) is 22.9 Å². The first-order chi connectivity index (χ1) is 10.3. The molecule has 21 heavy (non-hydrogen) atoms. The number of hydrogen-bond acceptors (Lipinski definition) is 4. The van der Waals surface area contributed by atoms with Crippen molar-refractivity contribution < 1.29 is 19.5 Å². The van der Waals surface area contributed by atoms with Crippen molar-refractivity contribution in [2.45, 2.75) is 0 Å². The second kappa shape index (κ2) is 3.45. The number of carbonyl (C=O) groups is 1. The zero-order valence-corrected chi connectivity index (χ0v) is 10.8. The molecule has 5 rings (SSSR count). The minimum atomic E-state index is -0.441. The van der Waals surface area contributed by atoms with E-state index in [9.17, 15) is 10.0 Å². The van der Waals surface area contributed by atoms with Gasteiger partial charge in [0.2, 0.25) is 6.79 Å². The highest BCUT2D eigenvalue weighted by Crippen LogP contribution is 2.50. The summed E-state index contributed by atoms with van der Waals surface area (Å²) in [6.45, 7) is 0.142. The summed E-state index contributed by atoms with van der Waals surface area (Å²) in [7, 11) is 0. The van der Waals surface area contributed by atoms with E-state index in [2.05, 4.69) is 0 Å². The lowest BCUT2D eigenvalue weighted by Gasteiger charge is -2.10. The van der Waals surface area contributed by atoms with Gasteiger partial charge in [-0.2, -0.15) is 5.06 Å². The summed E-state index contributed by atoms with van der Waals surface area (Å²) in [6.07, 6.45) is 0. The van der Waals surface area contributed by atoms with Crippen LogP contribution in [0, 0.1) is 0 Å². The van der Waals surface area contributed by atoms with Crippen LogP contribution in [0.2, 0.25) is 0 Å². The van der Waals surface area contributed by atoms with Gasteiger partial charge in [0.05, 0.1) is 11.3 Å². The molecular formula is C16H9NO4. The zero-order valence-electron chi connectivity index (χ0n) is 10.8. The molecule has 0 aliphatic carbocycles. The highest BCUT2D eigenvalue weighted by molar-refractivity contribution is 6.30. The van der Waals surface area contributed by atoms with Crippen LogP contribution in [-0.2, 0) is 0 Å². The molecule has 0 fully saturated rings. The average Bonchev–Trinajstić information content (AvgIpc) is 3.07. The number of hydroxylamine groups is 1. The monoisotopic (exact) mass is 279 g/mol. The fourth-order valence-corrected chi connectivity index (χ4v) is 3.19. The molecule has 1 amide bonds. The van der Waals surface area contributed by atoms with E-state index in [1.54, 1.807) is 6.07 Å². The molecule has 0 spiro atoms. The van der Waals surface area contributed by atoms with Gasteiger partial charge in [-0.1, -0.05) is 24.3 Å². The molecule has 2 aliphatic rings. The number of nitrogens with zero attached hydrogens (tertiary/aromatic N) is 1. The van der Waals surface area contributed by atoms with Gasteiger partial charge in [-0.3, -0.25) is 10.0 Å². The van der Waals surface area contributed by atoms with E-state index in [4.69, 9.17) is 9.47 Å². The van der Waals surface area contributed by atoms with Gasteiger partial charge < -0.3 is 9.47 Å². The van der Waals surface area contributed by atoms with Crippen LogP contribution < -0.4 is 14.5 Å². The molecule has 2 aliphatic heterocycles. The van der Waals surface area contributed by atoms with E-state index in [0.29, 0.717) is 33.2 Å². The average molecular weight is 279 g/mol. The number of hydrogen-bond donors (Lipinski definition) is 1. The molecule has 0 unspecified atom stereocenters. The van der Waals surface area contributed by atoms with Gasteiger partial charge in [0.1, 0.15) is 0 Å². The van der Waals surface area contributed by atoms with Crippen LogP contribution in [0.25, 0.3) is 21.5 Å². The van der Waals surface area contributed by atoms with E-state index >= 15 is 0 Å². The Hall–Kier alpha value is -2.79. The maximum atomic E-state index is 12.2. The van der Waals surface area contributed by atoms with Gasteiger partial charge in [-0.15, -0.1) is 0 Å². The first kappa shape index (κ1) is 10.9. The summed E-state index contributed by atoms with van der Waals surface area (Å²) >= 11 is 0. The van der Waals surface area contributed by atoms with Crippen LogP contribution in [0.15, 0.2) is 36.4 Å². The van der Waals surface area contributed by atoms with Crippen LogP contribution in [-0.4, -0.2) is 17.9 Å². The summed E-state index contributed by atoms with van der Waals surface area (Å²) in [5, 5.41) is 14.2. The minimum absolute atomic E-state index is 0.142. The Bertz CT molecular complexity index is 964. The molecule has 0 saturated heterocycles. The molecular weight excluding hydrogens is 270 g/mol. The number of rotatable bonds is 0. The summed E-state index contributed by atoms with van der Waals surface area (Å²) < 4.78 is 11.0. The third-order valence-corrected chi connectivity index (χ3v) is 4.09. The van der Waals surface area contributed by atoms with E-state index in [1.807, 2.05) is 30.3 Å². The van der Waals surface area contributed by atoms with Crippen LogP contribution in [0.1, 0.15) is 10.4 Å². The van der Waals surface area contributed by atoms with E-state index < -0.39 is 5.91 Å². The van der Waals surface area contributed by atoms with Crippen molar-refractivity contribution in [1.29, 1.82) is 0 Å². The van der Waals surface area contributed by atoms with Crippen molar-refractivity contribution in [3.05, 3.63) is 42.0 Å². The fourth-order valence-electron chi connectivity index (χ4n) is 3.19. The van der Waals surface area contributed by atoms with Gasteiger partial charge in [0.25, 0.3) is 5.91 Å². The van der Waals surface area contributed by atoms with E-state index in [0.717, 1.165) is 16.2 Å². The number of benzene rings is 3.